The van der Waals surface area contributed by atoms with E-state index in [0.717, 1.165) is 15.2 Å². The number of nitrogens with one attached hydrogen (secondary N) is 1. The van der Waals surface area contributed by atoms with E-state index in [4.69, 9.17) is 4.74 Å². The van der Waals surface area contributed by atoms with Gasteiger partial charge in [-0.1, -0.05) is 12.1 Å². The number of aromatic nitrogens is 1. The van der Waals surface area contributed by atoms with Crippen LogP contribution in [0.15, 0.2) is 42.5 Å². The van der Waals surface area contributed by atoms with E-state index in [1.165, 1.54) is 0 Å². The SMILES string of the molecule is CN(Cc1nc2ccccc2s1)C(=O)c1ccc2c(c1)OCC(=O)N2. The minimum absolute atomic E-state index is 0.0355. The Balaban J connectivity index is 1.53. The number of fused-ring (bicyclic) bond motifs is 2. The summed E-state index contributed by atoms with van der Waals surface area (Å²) in [6.07, 6.45) is 0. The minimum Gasteiger partial charge on any atom is -0.482 e. The Morgan fingerprint density at radius 2 is 2.16 bits per heavy atom. The molecule has 0 spiro atoms. The van der Waals surface area contributed by atoms with Gasteiger partial charge in [-0.05, 0) is 30.3 Å². The second kappa shape index (κ2) is 6.18. The van der Waals surface area contributed by atoms with Crippen molar-refractivity contribution in [3.8, 4) is 5.75 Å². The van der Waals surface area contributed by atoms with Gasteiger partial charge in [-0.25, -0.2) is 4.98 Å². The van der Waals surface area contributed by atoms with Crippen molar-refractivity contribution in [1.29, 1.82) is 0 Å². The number of benzene rings is 2. The van der Waals surface area contributed by atoms with Crippen LogP contribution in [0, 0.1) is 0 Å². The van der Waals surface area contributed by atoms with Crippen molar-refractivity contribution in [3.05, 3.63) is 53.0 Å². The molecule has 0 saturated heterocycles. The van der Waals surface area contributed by atoms with E-state index in [0.29, 0.717) is 23.5 Å². The van der Waals surface area contributed by atoms with Crippen LogP contribution >= 0.6 is 11.3 Å². The summed E-state index contributed by atoms with van der Waals surface area (Å²) in [5.41, 5.74) is 2.04. The summed E-state index contributed by atoms with van der Waals surface area (Å²) in [4.78, 5) is 30.2. The number of ether oxygens (including phenoxy) is 1. The fraction of sp³-hybridized carbons (Fsp3) is 0.167. The van der Waals surface area contributed by atoms with Crippen molar-refractivity contribution in [2.45, 2.75) is 6.54 Å². The molecule has 0 radical (unpaired) electrons. The number of carbonyl (C=O) groups excluding carboxylic acids is 2. The summed E-state index contributed by atoms with van der Waals surface area (Å²) < 4.78 is 6.48. The molecule has 0 unspecified atom stereocenters. The molecule has 6 nitrogen and oxygen atoms in total. The van der Waals surface area contributed by atoms with E-state index in [2.05, 4.69) is 10.3 Å². The maximum atomic E-state index is 12.7. The Labute approximate surface area is 148 Å². The molecule has 126 valence electrons. The number of nitrogens with zero attached hydrogens (tertiary/aromatic N) is 2. The van der Waals surface area contributed by atoms with Gasteiger partial charge in [-0.3, -0.25) is 9.59 Å². The van der Waals surface area contributed by atoms with Gasteiger partial charge < -0.3 is 15.0 Å². The highest BCUT2D eigenvalue weighted by Crippen LogP contribution is 2.29. The van der Waals surface area contributed by atoms with Crippen molar-refractivity contribution >= 4 is 39.1 Å². The highest BCUT2D eigenvalue weighted by Gasteiger charge is 2.20. The Bertz CT molecular complexity index is 950. The Hall–Kier alpha value is -2.93. The molecule has 1 aliphatic rings. The summed E-state index contributed by atoms with van der Waals surface area (Å²) in [5.74, 6) is 0.195. The third-order valence-corrected chi connectivity index (χ3v) is 4.94. The molecule has 1 aliphatic heterocycles. The molecule has 3 aromatic rings. The Morgan fingerprint density at radius 3 is 3.00 bits per heavy atom. The fourth-order valence-corrected chi connectivity index (χ4v) is 3.71. The normalized spacial score (nSPS) is 13.1. The van der Waals surface area contributed by atoms with Gasteiger partial charge in [0.25, 0.3) is 11.8 Å². The third-order valence-electron chi connectivity index (χ3n) is 3.92. The standard InChI is InChI=1S/C18H15N3O3S/c1-21(9-17-20-13-4-2-3-5-15(13)25-17)18(23)11-6-7-12-14(8-11)24-10-16(22)19-12/h2-8H,9-10H2,1H3,(H,19,22). The first kappa shape index (κ1) is 15.6. The van der Waals surface area contributed by atoms with Gasteiger partial charge in [0, 0.05) is 12.6 Å². The molecule has 2 heterocycles. The first-order valence-corrected chi connectivity index (χ1v) is 8.58. The van der Waals surface area contributed by atoms with Crippen molar-refractivity contribution < 1.29 is 14.3 Å². The van der Waals surface area contributed by atoms with Crippen molar-refractivity contribution in [3.63, 3.8) is 0 Å². The summed E-state index contributed by atoms with van der Waals surface area (Å²) in [6, 6.07) is 12.9. The van der Waals surface area contributed by atoms with Gasteiger partial charge in [-0.2, -0.15) is 0 Å². The van der Waals surface area contributed by atoms with E-state index in [9.17, 15) is 9.59 Å². The number of hydrogen-bond acceptors (Lipinski definition) is 5. The molecular weight excluding hydrogens is 338 g/mol. The number of carbonyl (C=O) groups is 2. The molecule has 0 bridgehead atoms. The quantitative estimate of drug-likeness (QED) is 0.786. The zero-order chi connectivity index (χ0) is 17.4. The third kappa shape index (κ3) is 3.06. The van der Waals surface area contributed by atoms with Crippen LogP contribution in [0.1, 0.15) is 15.4 Å². The van der Waals surface area contributed by atoms with Crippen LogP contribution in [-0.2, 0) is 11.3 Å². The van der Waals surface area contributed by atoms with Crippen LogP contribution < -0.4 is 10.1 Å². The van der Waals surface area contributed by atoms with Crippen LogP contribution in [0.3, 0.4) is 0 Å². The van der Waals surface area contributed by atoms with Gasteiger partial charge >= 0.3 is 0 Å². The van der Waals surface area contributed by atoms with E-state index < -0.39 is 0 Å². The lowest BCUT2D eigenvalue weighted by atomic mass is 10.1. The Kier molecular flexibility index (Phi) is 3.85. The molecular formula is C18H15N3O3S. The summed E-state index contributed by atoms with van der Waals surface area (Å²) in [6.45, 7) is 0.402. The smallest absolute Gasteiger partial charge is 0.262 e. The monoisotopic (exact) mass is 353 g/mol. The lowest BCUT2D eigenvalue weighted by molar-refractivity contribution is -0.118. The lowest BCUT2D eigenvalue weighted by Crippen LogP contribution is -2.28. The minimum atomic E-state index is -0.195. The Morgan fingerprint density at radius 1 is 1.32 bits per heavy atom. The number of thiazole rings is 1. The van der Waals surface area contributed by atoms with Crippen molar-refractivity contribution in [2.75, 3.05) is 19.0 Å². The molecule has 0 saturated carbocycles. The zero-order valence-corrected chi connectivity index (χ0v) is 14.3. The summed E-state index contributed by atoms with van der Waals surface area (Å²) in [5, 5.41) is 3.60. The lowest BCUT2D eigenvalue weighted by Gasteiger charge is -2.20. The van der Waals surface area contributed by atoms with E-state index in [1.807, 2.05) is 24.3 Å². The van der Waals surface area contributed by atoms with Crippen LogP contribution in [0.4, 0.5) is 5.69 Å². The highest BCUT2D eigenvalue weighted by molar-refractivity contribution is 7.18. The van der Waals surface area contributed by atoms with Crippen LogP contribution in [0.25, 0.3) is 10.2 Å². The van der Waals surface area contributed by atoms with E-state index >= 15 is 0 Å². The second-order valence-electron chi connectivity index (χ2n) is 5.78. The number of amides is 2. The average molecular weight is 353 g/mol. The van der Waals surface area contributed by atoms with Crippen molar-refractivity contribution in [1.82, 2.24) is 9.88 Å². The average Bonchev–Trinajstić information content (AvgIpc) is 3.02. The molecule has 2 aromatic carbocycles. The topological polar surface area (TPSA) is 71.5 Å². The predicted octanol–water partition coefficient (Wildman–Crippen LogP) is 2.90. The number of para-hydroxylation sites is 1. The van der Waals surface area contributed by atoms with E-state index in [-0.39, 0.29) is 18.4 Å². The number of hydrogen-bond donors (Lipinski definition) is 1. The molecule has 7 heteroatoms. The van der Waals surface area contributed by atoms with Gasteiger partial charge in [0.1, 0.15) is 10.8 Å². The van der Waals surface area contributed by atoms with E-state index in [1.54, 1.807) is 41.5 Å². The zero-order valence-electron chi connectivity index (χ0n) is 13.5. The molecule has 1 aromatic heterocycles. The molecule has 0 atom stereocenters. The number of rotatable bonds is 3. The van der Waals surface area contributed by atoms with Gasteiger partial charge in [0.15, 0.2) is 6.61 Å². The van der Waals surface area contributed by atoms with Crippen LogP contribution in [0.2, 0.25) is 0 Å². The molecule has 0 fully saturated rings. The predicted molar refractivity (Wildman–Crippen MR) is 96.0 cm³/mol. The summed E-state index contributed by atoms with van der Waals surface area (Å²) in [7, 11) is 1.75. The fourth-order valence-electron chi connectivity index (χ4n) is 2.69. The maximum absolute atomic E-state index is 12.7. The second-order valence-corrected chi connectivity index (χ2v) is 6.90. The molecule has 25 heavy (non-hydrogen) atoms. The number of anilines is 1. The first-order valence-electron chi connectivity index (χ1n) is 7.77. The summed E-state index contributed by atoms with van der Waals surface area (Å²) >= 11 is 1.58. The van der Waals surface area contributed by atoms with Gasteiger partial charge in [0.2, 0.25) is 0 Å². The van der Waals surface area contributed by atoms with Crippen LogP contribution in [0.5, 0.6) is 5.75 Å². The van der Waals surface area contributed by atoms with Crippen molar-refractivity contribution in [2.24, 2.45) is 0 Å². The maximum Gasteiger partial charge on any atom is 0.262 e. The van der Waals surface area contributed by atoms with Gasteiger partial charge in [0.05, 0.1) is 22.4 Å². The first-order chi connectivity index (χ1) is 12.1. The molecule has 0 aliphatic carbocycles. The van der Waals surface area contributed by atoms with Gasteiger partial charge in [-0.15, -0.1) is 11.3 Å². The molecule has 1 N–H and O–H groups in total. The molecule has 4 rings (SSSR count). The highest BCUT2D eigenvalue weighted by atomic mass is 32.1. The largest absolute Gasteiger partial charge is 0.482 e. The van der Waals surface area contributed by atoms with Crippen LogP contribution in [-0.4, -0.2) is 35.4 Å². The molecule has 2 amide bonds.